The summed E-state index contributed by atoms with van der Waals surface area (Å²) in [5, 5.41) is 6.09. The Morgan fingerprint density at radius 3 is 2.33 bits per heavy atom. The number of alkyl carbamates (subject to hydrolysis) is 1. The fourth-order valence-electron chi connectivity index (χ4n) is 0.912. The largest absolute Gasteiger partial charge is 0.444 e. The highest BCUT2D eigenvalue weighted by atomic mass is 16.6. The van der Waals surface area contributed by atoms with Crippen molar-refractivity contribution in [2.75, 3.05) is 0 Å². The molecule has 15 heavy (non-hydrogen) atoms. The summed E-state index contributed by atoms with van der Waals surface area (Å²) in [4.78, 5) is 11.4. The van der Waals surface area contributed by atoms with Crippen molar-refractivity contribution in [2.24, 2.45) is 16.9 Å². The molecule has 0 radical (unpaired) electrons. The van der Waals surface area contributed by atoms with Crippen molar-refractivity contribution in [2.45, 2.75) is 46.3 Å². The van der Waals surface area contributed by atoms with Crippen LogP contribution in [0.15, 0.2) is 5.10 Å². The van der Waals surface area contributed by atoms with Crippen LogP contribution in [0.1, 0.15) is 34.6 Å². The van der Waals surface area contributed by atoms with Gasteiger partial charge in [0, 0.05) is 6.21 Å². The number of hydrogen-bond donors (Lipinski definition) is 2. The number of carbonyl (C=O) groups is 1. The number of ether oxygens (including phenoxy) is 1. The first-order valence-corrected chi connectivity index (χ1v) is 4.99. The molecular formula is C10H21N3O2. The van der Waals surface area contributed by atoms with Crippen LogP contribution in [-0.2, 0) is 4.74 Å². The van der Waals surface area contributed by atoms with Gasteiger partial charge in [-0.05, 0) is 26.7 Å². The van der Waals surface area contributed by atoms with E-state index in [1.807, 2.05) is 34.6 Å². The van der Waals surface area contributed by atoms with Gasteiger partial charge in [-0.1, -0.05) is 13.8 Å². The van der Waals surface area contributed by atoms with Crippen LogP contribution >= 0.6 is 0 Å². The van der Waals surface area contributed by atoms with Crippen molar-refractivity contribution >= 4 is 12.3 Å². The maximum absolute atomic E-state index is 11.4. The Hall–Kier alpha value is -1.26. The van der Waals surface area contributed by atoms with E-state index < -0.39 is 11.7 Å². The maximum atomic E-state index is 11.4. The summed E-state index contributed by atoms with van der Waals surface area (Å²) in [5.74, 6) is 5.26. The van der Waals surface area contributed by atoms with Gasteiger partial charge in [0.15, 0.2) is 0 Å². The standard InChI is InChI=1S/C10H21N3O2/c1-7(2)8(6-12-11)13-9(14)15-10(3,4)5/h6-8H,11H2,1-5H3,(H,13,14). The molecule has 0 rings (SSSR count). The third-order valence-corrected chi connectivity index (χ3v) is 1.65. The molecule has 0 aliphatic heterocycles. The fraction of sp³-hybridized carbons (Fsp3) is 0.800. The molecule has 1 atom stereocenters. The highest BCUT2D eigenvalue weighted by Gasteiger charge is 2.20. The summed E-state index contributed by atoms with van der Waals surface area (Å²) in [6.07, 6.45) is 1.04. The van der Waals surface area contributed by atoms with Crippen molar-refractivity contribution in [3.8, 4) is 0 Å². The molecule has 5 heteroatoms. The zero-order chi connectivity index (χ0) is 12.1. The third-order valence-electron chi connectivity index (χ3n) is 1.65. The van der Waals surface area contributed by atoms with Crippen LogP contribution < -0.4 is 11.2 Å². The number of nitrogens with zero attached hydrogens (tertiary/aromatic N) is 1. The Morgan fingerprint density at radius 1 is 1.47 bits per heavy atom. The molecule has 3 N–H and O–H groups in total. The van der Waals surface area contributed by atoms with Crippen LogP contribution in [0.4, 0.5) is 4.79 Å². The van der Waals surface area contributed by atoms with Crippen molar-refractivity contribution < 1.29 is 9.53 Å². The van der Waals surface area contributed by atoms with Gasteiger partial charge in [0.2, 0.25) is 0 Å². The van der Waals surface area contributed by atoms with Gasteiger partial charge in [-0.25, -0.2) is 4.79 Å². The minimum Gasteiger partial charge on any atom is -0.444 e. The first-order valence-electron chi connectivity index (χ1n) is 4.99. The Bertz CT molecular complexity index is 231. The summed E-state index contributed by atoms with van der Waals surface area (Å²) in [5.41, 5.74) is -0.495. The van der Waals surface area contributed by atoms with E-state index in [1.54, 1.807) is 0 Å². The molecule has 1 amide bonds. The van der Waals surface area contributed by atoms with E-state index in [0.29, 0.717) is 0 Å². The molecule has 5 nitrogen and oxygen atoms in total. The molecule has 0 aromatic carbocycles. The third kappa shape index (κ3) is 6.76. The molecular weight excluding hydrogens is 194 g/mol. The number of nitrogens with two attached hydrogens (primary N) is 1. The van der Waals surface area contributed by atoms with Crippen molar-refractivity contribution in [1.29, 1.82) is 0 Å². The van der Waals surface area contributed by atoms with E-state index in [9.17, 15) is 4.79 Å². The average Bonchev–Trinajstić information content (AvgIpc) is 1.99. The smallest absolute Gasteiger partial charge is 0.408 e. The Morgan fingerprint density at radius 2 is 2.00 bits per heavy atom. The fourth-order valence-corrected chi connectivity index (χ4v) is 0.912. The zero-order valence-corrected chi connectivity index (χ0v) is 10.1. The lowest BCUT2D eigenvalue weighted by Gasteiger charge is -2.23. The van der Waals surface area contributed by atoms with E-state index in [1.165, 1.54) is 6.21 Å². The topological polar surface area (TPSA) is 76.7 Å². The zero-order valence-electron chi connectivity index (χ0n) is 10.1. The second-order valence-corrected chi connectivity index (χ2v) is 4.71. The van der Waals surface area contributed by atoms with Gasteiger partial charge in [0.25, 0.3) is 0 Å². The number of nitrogens with one attached hydrogen (secondary N) is 1. The highest BCUT2D eigenvalue weighted by Crippen LogP contribution is 2.07. The van der Waals surface area contributed by atoms with Gasteiger partial charge < -0.3 is 15.9 Å². The molecule has 0 aromatic rings. The number of carbonyl (C=O) groups excluding carboxylic acids is 1. The summed E-state index contributed by atoms with van der Waals surface area (Å²) < 4.78 is 5.11. The Labute approximate surface area is 91.1 Å². The number of amides is 1. The van der Waals surface area contributed by atoms with Gasteiger partial charge in [0.1, 0.15) is 5.60 Å². The van der Waals surface area contributed by atoms with Gasteiger partial charge in [0.05, 0.1) is 6.04 Å². The normalized spacial score (nSPS) is 14.3. The van der Waals surface area contributed by atoms with E-state index in [4.69, 9.17) is 10.6 Å². The molecule has 1 unspecified atom stereocenters. The molecule has 0 saturated carbocycles. The van der Waals surface area contributed by atoms with Gasteiger partial charge >= 0.3 is 6.09 Å². The van der Waals surface area contributed by atoms with E-state index in [2.05, 4.69) is 10.4 Å². The monoisotopic (exact) mass is 215 g/mol. The van der Waals surface area contributed by atoms with Crippen LogP contribution in [-0.4, -0.2) is 24.0 Å². The van der Waals surface area contributed by atoms with E-state index >= 15 is 0 Å². The Kier molecular flexibility index (Phi) is 5.11. The lowest BCUT2D eigenvalue weighted by atomic mass is 10.1. The number of rotatable bonds is 3. The molecule has 0 aliphatic rings. The summed E-state index contributed by atoms with van der Waals surface area (Å²) in [7, 11) is 0. The molecule has 0 aliphatic carbocycles. The van der Waals surface area contributed by atoms with Gasteiger partial charge in [-0.3, -0.25) is 0 Å². The van der Waals surface area contributed by atoms with Gasteiger partial charge in [-0.15, -0.1) is 0 Å². The average molecular weight is 215 g/mol. The minimum atomic E-state index is -0.495. The van der Waals surface area contributed by atoms with Gasteiger partial charge in [-0.2, -0.15) is 5.10 Å². The Balaban J connectivity index is 4.24. The summed E-state index contributed by atoms with van der Waals surface area (Å²) in [6, 6.07) is -0.204. The summed E-state index contributed by atoms with van der Waals surface area (Å²) >= 11 is 0. The SMILES string of the molecule is CC(C)C(C=NN)NC(=O)OC(C)(C)C. The predicted molar refractivity (Wildman–Crippen MR) is 60.7 cm³/mol. The maximum Gasteiger partial charge on any atom is 0.408 e. The van der Waals surface area contributed by atoms with Crippen LogP contribution in [0.5, 0.6) is 0 Å². The molecule has 0 saturated heterocycles. The minimum absolute atomic E-state index is 0.204. The first-order chi connectivity index (χ1) is 6.76. The number of hydrazone groups is 1. The summed E-state index contributed by atoms with van der Waals surface area (Å²) in [6.45, 7) is 9.36. The first kappa shape index (κ1) is 13.7. The molecule has 0 fully saturated rings. The molecule has 0 heterocycles. The second kappa shape index (κ2) is 5.58. The quantitative estimate of drug-likeness (QED) is 0.425. The lowest BCUT2D eigenvalue weighted by Crippen LogP contribution is -2.42. The van der Waals surface area contributed by atoms with E-state index in [-0.39, 0.29) is 12.0 Å². The number of hydrogen-bond acceptors (Lipinski definition) is 4. The molecule has 88 valence electrons. The van der Waals surface area contributed by atoms with Crippen LogP contribution in [0, 0.1) is 5.92 Å². The van der Waals surface area contributed by atoms with E-state index in [0.717, 1.165) is 0 Å². The molecule has 0 bridgehead atoms. The van der Waals surface area contributed by atoms with Crippen LogP contribution in [0.25, 0.3) is 0 Å². The molecule has 0 aromatic heterocycles. The van der Waals surface area contributed by atoms with Crippen molar-refractivity contribution in [3.63, 3.8) is 0 Å². The van der Waals surface area contributed by atoms with Crippen molar-refractivity contribution in [3.05, 3.63) is 0 Å². The van der Waals surface area contributed by atoms with Crippen LogP contribution in [0.2, 0.25) is 0 Å². The highest BCUT2D eigenvalue weighted by molar-refractivity contribution is 5.75. The second-order valence-electron chi connectivity index (χ2n) is 4.71. The lowest BCUT2D eigenvalue weighted by molar-refractivity contribution is 0.0509. The van der Waals surface area contributed by atoms with Crippen LogP contribution in [0.3, 0.4) is 0 Å². The molecule has 0 spiro atoms. The predicted octanol–water partition coefficient (Wildman–Crippen LogP) is 1.48. The van der Waals surface area contributed by atoms with Crippen molar-refractivity contribution in [1.82, 2.24) is 5.32 Å².